The highest BCUT2D eigenvalue weighted by atomic mass is 32.1. The molecule has 0 fully saturated rings. The van der Waals surface area contributed by atoms with E-state index in [0.29, 0.717) is 13.1 Å². The van der Waals surface area contributed by atoms with Crippen LogP contribution in [0.5, 0.6) is 0 Å². The summed E-state index contributed by atoms with van der Waals surface area (Å²) in [5, 5.41) is 7.14. The van der Waals surface area contributed by atoms with Gasteiger partial charge < -0.3 is 10.6 Å². The number of carbonyl (C=O) groups excluding carboxylic acids is 1. The predicted molar refractivity (Wildman–Crippen MR) is 124 cm³/mol. The number of aliphatic imine (C=N–C) groups is 1. The van der Waals surface area contributed by atoms with Crippen molar-refractivity contribution in [1.82, 2.24) is 10.3 Å². The zero-order chi connectivity index (χ0) is 20.3. The van der Waals surface area contributed by atoms with Crippen LogP contribution in [-0.4, -0.2) is 23.8 Å². The molecule has 2 amide bonds. The van der Waals surface area contributed by atoms with Crippen LogP contribution in [-0.2, 0) is 13.0 Å². The first kappa shape index (κ1) is 18.5. The van der Waals surface area contributed by atoms with Crippen LogP contribution in [0, 0.1) is 0 Å². The van der Waals surface area contributed by atoms with E-state index in [1.54, 1.807) is 23.7 Å². The second-order valence-corrected chi connectivity index (χ2v) is 8.28. The van der Waals surface area contributed by atoms with E-state index in [4.69, 9.17) is 0 Å². The number of aromatic nitrogens is 1. The first-order valence-corrected chi connectivity index (χ1v) is 10.7. The summed E-state index contributed by atoms with van der Waals surface area (Å²) in [5.41, 5.74) is 5.34. The van der Waals surface area contributed by atoms with Gasteiger partial charge in [-0.15, -0.1) is 11.3 Å². The van der Waals surface area contributed by atoms with Crippen molar-refractivity contribution in [2.24, 2.45) is 4.99 Å². The van der Waals surface area contributed by atoms with Gasteiger partial charge in [0.15, 0.2) is 0 Å². The van der Waals surface area contributed by atoms with Crippen molar-refractivity contribution >= 4 is 39.4 Å². The van der Waals surface area contributed by atoms with Gasteiger partial charge in [-0.1, -0.05) is 18.2 Å². The first-order chi connectivity index (χ1) is 14.8. The van der Waals surface area contributed by atoms with E-state index < -0.39 is 0 Å². The monoisotopic (exact) mass is 412 g/mol. The van der Waals surface area contributed by atoms with Gasteiger partial charge in [-0.3, -0.25) is 9.98 Å². The zero-order valence-electron chi connectivity index (χ0n) is 16.3. The molecule has 2 N–H and O–H groups in total. The van der Waals surface area contributed by atoms with E-state index in [1.807, 2.05) is 24.4 Å². The van der Waals surface area contributed by atoms with Crippen molar-refractivity contribution in [3.8, 4) is 10.4 Å². The van der Waals surface area contributed by atoms with Crippen LogP contribution in [0.4, 0.5) is 10.5 Å². The number of amides is 2. The van der Waals surface area contributed by atoms with E-state index in [0.717, 1.165) is 28.8 Å². The number of nitrogens with zero attached hydrogens (tertiary/aromatic N) is 2. The smallest absolute Gasteiger partial charge is 0.319 e. The minimum atomic E-state index is -0.207. The van der Waals surface area contributed by atoms with Crippen molar-refractivity contribution < 1.29 is 4.79 Å². The Morgan fingerprint density at radius 2 is 1.93 bits per heavy atom. The molecule has 0 aliphatic carbocycles. The SMILES string of the molecule is O=C(NCCc1ccncc1)Nc1cc2c(c(-c3cc4ccccc4s3)c1)CN=C2. The predicted octanol–water partition coefficient (Wildman–Crippen LogP) is 5.26. The summed E-state index contributed by atoms with van der Waals surface area (Å²) in [6.07, 6.45) is 6.17. The molecule has 4 aromatic rings. The fourth-order valence-electron chi connectivity index (χ4n) is 3.67. The number of pyridine rings is 1. The number of hydrogen-bond donors (Lipinski definition) is 2. The third kappa shape index (κ3) is 3.82. The molecule has 5 nitrogen and oxygen atoms in total. The number of fused-ring (bicyclic) bond motifs is 2. The van der Waals surface area contributed by atoms with Crippen LogP contribution in [0.15, 0.2) is 72.0 Å². The summed E-state index contributed by atoms with van der Waals surface area (Å²) < 4.78 is 1.26. The van der Waals surface area contributed by atoms with Crippen LogP contribution in [0.2, 0.25) is 0 Å². The fraction of sp³-hybridized carbons (Fsp3) is 0.125. The summed E-state index contributed by atoms with van der Waals surface area (Å²) in [6.45, 7) is 1.24. The molecule has 3 heterocycles. The van der Waals surface area contributed by atoms with E-state index in [-0.39, 0.29) is 6.03 Å². The number of carbonyl (C=O) groups is 1. The Labute approximate surface area is 178 Å². The highest BCUT2D eigenvalue weighted by Crippen LogP contribution is 2.38. The van der Waals surface area contributed by atoms with E-state index in [2.05, 4.69) is 57.0 Å². The maximum absolute atomic E-state index is 12.4. The Morgan fingerprint density at radius 1 is 1.07 bits per heavy atom. The molecule has 148 valence electrons. The molecule has 30 heavy (non-hydrogen) atoms. The van der Waals surface area contributed by atoms with Gasteiger partial charge in [-0.05, 0) is 64.9 Å². The third-order valence-corrected chi connectivity index (χ3v) is 6.31. The van der Waals surface area contributed by atoms with Crippen molar-refractivity contribution in [2.75, 3.05) is 11.9 Å². The lowest BCUT2D eigenvalue weighted by Gasteiger charge is -2.12. The molecule has 0 saturated carbocycles. The topological polar surface area (TPSA) is 66.4 Å². The summed E-state index contributed by atoms with van der Waals surface area (Å²) in [4.78, 5) is 22.1. The summed E-state index contributed by atoms with van der Waals surface area (Å²) in [7, 11) is 0. The summed E-state index contributed by atoms with van der Waals surface area (Å²) in [5.74, 6) is 0. The summed E-state index contributed by atoms with van der Waals surface area (Å²) in [6, 6.07) is 18.3. The maximum atomic E-state index is 12.4. The Balaban J connectivity index is 1.35. The molecular weight excluding hydrogens is 392 g/mol. The van der Waals surface area contributed by atoms with Crippen LogP contribution >= 0.6 is 11.3 Å². The van der Waals surface area contributed by atoms with Crippen LogP contribution in [0.3, 0.4) is 0 Å². The maximum Gasteiger partial charge on any atom is 0.319 e. The number of thiophene rings is 1. The Morgan fingerprint density at radius 3 is 2.80 bits per heavy atom. The molecular formula is C24H20N4OS. The van der Waals surface area contributed by atoms with Crippen molar-refractivity contribution in [3.63, 3.8) is 0 Å². The minimum Gasteiger partial charge on any atom is -0.338 e. The number of anilines is 1. The number of hydrogen-bond acceptors (Lipinski definition) is 4. The quantitative estimate of drug-likeness (QED) is 0.469. The van der Waals surface area contributed by atoms with Gasteiger partial charge in [0.25, 0.3) is 0 Å². The highest BCUT2D eigenvalue weighted by Gasteiger charge is 2.17. The third-order valence-electron chi connectivity index (χ3n) is 5.16. The van der Waals surface area contributed by atoms with Gasteiger partial charge in [0.05, 0.1) is 6.54 Å². The second-order valence-electron chi connectivity index (χ2n) is 7.20. The van der Waals surface area contributed by atoms with Crippen molar-refractivity contribution in [3.05, 3.63) is 83.7 Å². The zero-order valence-corrected chi connectivity index (χ0v) is 17.1. The van der Waals surface area contributed by atoms with E-state index in [1.165, 1.54) is 20.5 Å². The minimum absolute atomic E-state index is 0.207. The highest BCUT2D eigenvalue weighted by molar-refractivity contribution is 7.22. The fourth-order valence-corrected chi connectivity index (χ4v) is 4.78. The standard InChI is InChI=1S/C24H20N4OS/c29-24(27-10-7-16-5-8-25-9-6-16)28-19-11-18-14-26-15-21(18)20(13-19)23-12-17-3-1-2-4-22(17)30-23/h1-6,8-9,11-14H,7,10,15H2,(H2,27,28,29). The van der Waals surface area contributed by atoms with Gasteiger partial charge in [0.2, 0.25) is 0 Å². The Hall–Kier alpha value is -3.51. The van der Waals surface area contributed by atoms with E-state index in [9.17, 15) is 4.79 Å². The second kappa shape index (κ2) is 8.08. The molecule has 0 atom stereocenters. The average Bonchev–Trinajstić information content (AvgIpc) is 3.40. The molecule has 6 heteroatoms. The lowest BCUT2D eigenvalue weighted by atomic mass is 10.0. The summed E-state index contributed by atoms with van der Waals surface area (Å²) >= 11 is 1.77. The molecule has 5 rings (SSSR count). The molecule has 0 unspecified atom stereocenters. The Kier molecular flexibility index (Phi) is 4.99. The molecule has 1 aliphatic heterocycles. The molecule has 2 aromatic heterocycles. The van der Waals surface area contributed by atoms with Gasteiger partial charge >= 0.3 is 6.03 Å². The van der Waals surface area contributed by atoms with Crippen molar-refractivity contribution in [1.29, 1.82) is 0 Å². The molecule has 2 aromatic carbocycles. The largest absolute Gasteiger partial charge is 0.338 e. The van der Waals surface area contributed by atoms with E-state index >= 15 is 0 Å². The van der Waals surface area contributed by atoms with Crippen molar-refractivity contribution in [2.45, 2.75) is 13.0 Å². The lowest BCUT2D eigenvalue weighted by molar-refractivity contribution is 0.252. The molecule has 0 saturated heterocycles. The normalized spacial score (nSPS) is 12.1. The first-order valence-electron chi connectivity index (χ1n) is 9.86. The lowest BCUT2D eigenvalue weighted by Crippen LogP contribution is -2.30. The average molecular weight is 413 g/mol. The molecule has 1 aliphatic rings. The Bertz CT molecular complexity index is 1210. The number of nitrogens with one attached hydrogen (secondary N) is 2. The van der Waals surface area contributed by atoms with Gasteiger partial charge in [-0.2, -0.15) is 0 Å². The van der Waals surface area contributed by atoms with Crippen LogP contribution < -0.4 is 10.6 Å². The molecule has 0 bridgehead atoms. The van der Waals surface area contributed by atoms with Gasteiger partial charge in [-0.25, -0.2) is 4.79 Å². The number of rotatable bonds is 5. The van der Waals surface area contributed by atoms with Gasteiger partial charge in [0, 0.05) is 46.0 Å². The molecule has 0 radical (unpaired) electrons. The number of benzene rings is 2. The van der Waals surface area contributed by atoms with Crippen LogP contribution in [0.1, 0.15) is 16.7 Å². The van der Waals surface area contributed by atoms with Crippen LogP contribution in [0.25, 0.3) is 20.5 Å². The van der Waals surface area contributed by atoms with Gasteiger partial charge in [0.1, 0.15) is 0 Å². The number of urea groups is 1. The molecule has 0 spiro atoms.